The number of sulfonamides is 1. The summed E-state index contributed by atoms with van der Waals surface area (Å²) >= 11 is 0. The van der Waals surface area contributed by atoms with Crippen molar-refractivity contribution in [3.05, 3.63) is 52.8 Å². The first-order chi connectivity index (χ1) is 10.5. The van der Waals surface area contributed by atoms with Crippen molar-refractivity contribution in [1.29, 1.82) is 0 Å². The number of benzene rings is 1. The molecule has 3 nitrogen and oxygen atoms in total. The van der Waals surface area contributed by atoms with Gasteiger partial charge in [0, 0.05) is 18.5 Å². The monoisotopic (exact) mass is 347 g/mol. The zero-order chi connectivity index (χ0) is 17.0. The van der Waals surface area contributed by atoms with Crippen molar-refractivity contribution in [2.45, 2.75) is 38.4 Å². The van der Waals surface area contributed by atoms with Crippen LogP contribution in [-0.4, -0.2) is 33.9 Å². The first kappa shape index (κ1) is 16.7. The van der Waals surface area contributed by atoms with Crippen LogP contribution in [0.5, 0.6) is 0 Å². The minimum absolute atomic E-state index is 0.132. The van der Waals surface area contributed by atoms with Crippen LogP contribution in [0.25, 0.3) is 0 Å². The lowest BCUT2D eigenvalue weighted by Gasteiger charge is -2.22. The molecule has 1 aromatic carbocycles. The molecule has 1 saturated heterocycles. The Morgan fingerprint density at radius 2 is 1.74 bits per heavy atom. The average molecular weight is 348 g/mol. The topological polar surface area (TPSA) is 37.4 Å². The van der Waals surface area contributed by atoms with Crippen molar-refractivity contribution < 1.29 is 8.42 Å². The predicted octanol–water partition coefficient (Wildman–Crippen LogP) is 3.75. The standard InChI is InChI=1S/C18H25NO2SSi/c1-14-6-8-15(9-7-14)22(20,21)19-12-16-17(23(3,4)5)10-11-18(16,2)13-19/h6-11H,12-13H2,1-5H3. The Hall–Kier alpha value is -1.17. The molecule has 1 aliphatic heterocycles. The number of fused-ring (bicyclic) bond motifs is 1. The Labute approximate surface area is 140 Å². The summed E-state index contributed by atoms with van der Waals surface area (Å²) in [6.07, 6.45) is 4.46. The first-order valence-corrected chi connectivity index (χ1v) is 13.0. The maximum absolute atomic E-state index is 13.0. The molecule has 1 unspecified atom stereocenters. The molecular weight excluding hydrogens is 322 g/mol. The summed E-state index contributed by atoms with van der Waals surface area (Å²) in [7, 11) is -4.88. The van der Waals surface area contributed by atoms with Crippen molar-refractivity contribution in [1.82, 2.24) is 4.31 Å². The van der Waals surface area contributed by atoms with Gasteiger partial charge in [0.1, 0.15) is 0 Å². The Kier molecular flexibility index (Phi) is 3.74. The van der Waals surface area contributed by atoms with Gasteiger partial charge in [0.2, 0.25) is 10.0 Å². The minimum Gasteiger partial charge on any atom is -0.207 e. The van der Waals surface area contributed by atoms with Gasteiger partial charge in [-0.2, -0.15) is 4.31 Å². The number of hydrogen-bond acceptors (Lipinski definition) is 2. The van der Waals surface area contributed by atoms with Gasteiger partial charge in [0.05, 0.1) is 13.0 Å². The van der Waals surface area contributed by atoms with Crippen LogP contribution in [0.1, 0.15) is 12.5 Å². The van der Waals surface area contributed by atoms with E-state index in [1.807, 2.05) is 19.1 Å². The minimum atomic E-state index is -3.42. The molecule has 23 heavy (non-hydrogen) atoms. The van der Waals surface area contributed by atoms with Gasteiger partial charge < -0.3 is 0 Å². The second-order valence-corrected chi connectivity index (χ2v) is 15.0. The highest BCUT2D eigenvalue weighted by molar-refractivity contribution is 7.89. The van der Waals surface area contributed by atoms with E-state index >= 15 is 0 Å². The largest absolute Gasteiger partial charge is 0.243 e. The molecule has 5 heteroatoms. The summed E-state index contributed by atoms with van der Waals surface area (Å²) in [4.78, 5) is 0.394. The molecule has 0 aromatic heterocycles. The maximum atomic E-state index is 13.0. The smallest absolute Gasteiger partial charge is 0.207 e. The van der Waals surface area contributed by atoms with Gasteiger partial charge >= 0.3 is 0 Å². The predicted molar refractivity (Wildman–Crippen MR) is 97.6 cm³/mol. The number of aryl methyl sites for hydroxylation is 1. The molecule has 0 saturated carbocycles. The Morgan fingerprint density at radius 1 is 1.13 bits per heavy atom. The molecule has 0 N–H and O–H groups in total. The molecular formula is C18H25NO2SSi. The van der Waals surface area contributed by atoms with Crippen molar-refractivity contribution in [2.24, 2.45) is 5.41 Å². The van der Waals surface area contributed by atoms with Crippen LogP contribution in [0.2, 0.25) is 19.6 Å². The molecule has 0 amide bonds. The van der Waals surface area contributed by atoms with Gasteiger partial charge in [-0.15, -0.1) is 0 Å². The SMILES string of the molecule is Cc1ccc(S(=O)(=O)N2CC3=C([Si](C)(C)C)C=CC3(C)C2)cc1. The van der Waals surface area contributed by atoms with Crippen LogP contribution in [0.3, 0.4) is 0 Å². The van der Waals surface area contributed by atoms with Crippen LogP contribution >= 0.6 is 0 Å². The number of allylic oxidation sites excluding steroid dienone is 2. The molecule has 1 aromatic rings. The molecule has 1 fully saturated rings. The van der Waals surface area contributed by atoms with Crippen LogP contribution < -0.4 is 0 Å². The summed E-state index contributed by atoms with van der Waals surface area (Å²) in [6, 6.07) is 7.14. The molecule has 0 bridgehead atoms. The van der Waals surface area contributed by atoms with Crippen molar-refractivity contribution >= 4 is 18.1 Å². The highest BCUT2D eigenvalue weighted by Crippen LogP contribution is 2.46. The van der Waals surface area contributed by atoms with E-state index in [4.69, 9.17) is 0 Å². The molecule has 1 heterocycles. The molecule has 2 aliphatic rings. The first-order valence-electron chi connectivity index (χ1n) is 8.04. The van der Waals surface area contributed by atoms with Gasteiger partial charge in [-0.25, -0.2) is 8.42 Å². The van der Waals surface area contributed by atoms with Crippen LogP contribution in [0.15, 0.2) is 52.1 Å². The van der Waals surface area contributed by atoms with Crippen LogP contribution in [-0.2, 0) is 10.0 Å². The normalized spacial score (nSPS) is 25.3. The summed E-state index contributed by atoms with van der Waals surface area (Å²) in [6.45, 7) is 12.2. The van der Waals surface area contributed by atoms with Gasteiger partial charge in [0.15, 0.2) is 0 Å². The van der Waals surface area contributed by atoms with E-state index in [1.54, 1.807) is 16.4 Å². The summed E-state index contributed by atoms with van der Waals surface area (Å²) < 4.78 is 27.6. The highest BCUT2D eigenvalue weighted by atomic mass is 32.2. The third kappa shape index (κ3) is 2.75. The third-order valence-electron chi connectivity index (χ3n) is 4.94. The Balaban J connectivity index is 1.98. The fraction of sp³-hybridized carbons (Fsp3) is 0.444. The number of nitrogens with zero attached hydrogens (tertiary/aromatic N) is 1. The van der Waals surface area contributed by atoms with Crippen molar-refractivity contribution in [3.8, 4) is 0 Å². The molecule has 3 rings (SSSR count). The molecule has 1 aliphatic carbocycles. The summed E-state index contributed by atoms with van der Waals surface area (Å²) in [5.74, 6) is 0. The van der Waals surface area contributed by atoms with Crippen LogP contribution in [0, 0.1) is 12.3 Å². The lowest BCUT2D eigenvalue weighted by atomic mass is 9.88. The van der Waals surface area contributed by atoms with E-state index < -0.39 is 18.1 Å². The number of hydrogen-bond donors (Lipinski definition) is 0. The maximum Gasteiger partial charge on any atom is 0.243 e. The van der Waals surface area contributed by atoms with E-state index in [-0.39, 0.29) is 5.41 Å². The van der Waals surface area contributed by atoms with Gasteiger partial charge in [0.25, 0.3) is 0 Å². The van der Waals surface area contributed by atoms with E-state index in [2.05, 4.69) is 38.7 Å². The second kappa shape index (κ2) is 5.16. The zero-order valence-corrected chi connectivity index (χ0v) is 16.4. The summed E-state index contributed by atoms with van der Waals surface area (Å²) in [5.41, 5.74) is 2.25. The summed E-state index contributed by atoms with van der Waals surface area (Å²) in [5, 5.41) is 1.42. The third-order valence-corrected chi connectivity index (χ3v) is 8.83. The average Bonchev–Trinajstić information content (AvgIpc) is 2.92. The lowest BCUT2D eigenvalue weighted by molar-refractivity contribution is 0.430. The lowest BCUT2D eigenvalue weighted by Crippen LogP contribution is -2.30. The Morgan fingerprint density at radius 3 is 2.30 bits per heavy atom. The van der Waals surface area contributed by atoms with Gasteiger partial charge in [-0.05, 0) is 24.6 Å². The zero-order valence-electron chi connectivity index (χ0n) is 14.6. The molecule has 0 spiro atoms. The second-order valence-electron chi connectivity index (χ2n) is 7.98. The Bertz CT molecular complexity index is 800. The van der Waals surface area contributed by atoms with E-state index in [0.717, 1.165) is 5.56 Å². The van der Waals surface area contributed by atoms with E-state index in [9.17, 15) is 8.42 Å². The van der Waals surface area contributed by atoms with Gasteiger partial charge in [-0.3, -0.25) is 0 Å². The highest BCUT2D eigenvalue weighted by Gasteiger charge is 2.46. The van der Waals surface area contributed by atoms with Crippen LogP contribution in [0.4, 0.5) is 0 Å². The van der Waals surface area contributed by atoms with E-state index in [1.165, 1.54) is 10.8 Å². The van der Waals surface area contributed by atoms with Crippen molar-refractivity contribution in [2.75, 3.05) is 13.1 Å². The van der Waals surface area contributed by atoms with E-state index in [0.29, 0.717) is 18.0 Å². The number of rotatable bonds is 3. The van der Waals surface area contributed by atoms with Gasteiger partial charge in [-0.1, -0.05) is 61.6 Å². The molecule has 0 radical (unpaired) electrons. The van der Waals surface area contributed by atoms with Crippen molar-refractivity contribution in [3.63, 3.8) is 0 Å². The molecule has 1 atom stereocenters. The fourth-order valence-electron chi connectivity index (χ4n) is 3.52. The molecule has 124 valence electrons. The quantitative estimate of drug-likeness (QED) is 0.781. The fourth-order valence-corrected chi connectivity index (χ4v) is 6.89.